The molecule has 2 amide bonds. The standard InChI is InChI=1S/C18H23ClN2O3/c19-13-4-5-14(24-12-8-11(9-12)10-22)15-16(13)20-17(23)21-18(15)6-2-1-3-7-18/h4-5,11-12,22H,1-3,6-10H2,(H2,20,21,23). The molecule has 24 heavy (non-hydrogen) atoms. The van der Waals surface area contributed by atoms with Crippen LogP contribution in [0.4, 0.5) is 10.5 Å². The molecule has 1 aromatic carbocycles. The maximum Gasteiger partial charge on any atom is 0.319 e. The van der Waals surface area contributed by atoms with E-state index < -0.39 is 0 Å². The second-order valence-electron chi connectivity index (χ2n) is 7.28. The molecule has 1 spiro atoms. The third-order valence-electron chi connectivity index (χ3n) is 5.64. The number of benzene rings is 1. The van der Waals surface area contributed by atoms with Crippen LogP contribution in [0.15, 0.2) is 12.1 Å². The molecule has 1 heterocycles. The van der Waals surface area contributed by atoms with Crippen LogP contribution in [0.1, 0.15) is 50.5 Å². The fourth-order valence-electron chi connectivity index (χ4n) is 4.31. The Balaban J connectivity index is 1.71. The van der Waals surface area contributed by atoms with Gasteiger partial charge >= 0.3 is 6.03 Å². The Hall–Kier alpha value is -1.46. The minimum Gasteiger partial charge on any atom is -0.490 e. The van der Waals surface area contributed by atoms with Gasteiger partial charge in [0.2, 0.25) is 0 Å². The molecule has 3 N–H and O–H groups in total. The number of amides is 2. The molecule has 2 saturated carbocycles. The second kappa shape index (κ2) is 6.12. The van der Waals surface area contributed by atoms with E-state index in [1.165, 1.54) is 6.42 Å². The molecule has 1 aliphatic heterocycles. The number of hydrogen-bond donors (Lipinski definition) is 3. The van der Waals surface area contributed by atoms with Crippen molar-refractivity contribution in [2.45, 2.75) is 56.6 Å². The van der Waals surface area contributed by atoms with Crippen LogP contribution in [0.2, 0.25) is 5.02 Å². The normalized spacial score (nSPS) is 27.7. The zero-order chi connectivity index (χ0) is 16.7. The van der Waals surface area contributed by atoms with Gasteiger partial charge in [-0.15, -0.1) is 0 Å². The van der Waals surface area contributed by atoms with E-state index in [-0.39, 0.29) is 24.3 Å². The summed E-state index contributed by atoms with van der Waals surface area (Å²) in [6.07, 6.45) is 7.07. The van der Waals surface area contributed by atoms with Crippen LogP contribution in [0.3, 0.4) is 0 Å². The number of ether oxygens (including phenoxy) is 1. The van der Waals surface area contributed by atoms with Crippen molar-refractivity contribution in [2.24, 2.45) is 5.92 Å². The summed E-state index contributed by atoms with van der Waals surface area (Å²) in [6.45, 7) is 0.222. The van der Waals surface area contributed by atoms with Crippen LogP contribution in [-0.4, -0.2) is 23.8 Å². The first-order chi connectivity index (χ1) is 11.6. The largest absolute Gasteiger partial charge is 0.490 e. The summed E-state index contributed by atoms with van der Waals surface area (Å²) in [6, 6.07) is 3.52. The number of urea groups is 1. The number of fused-ring (bicyclic) bond motifs is 2. The van der Waals surface area contributed by atoms with Crippen LogP contribution in [0.5, 0.6) is 5.75 Å². The first-order valence-electron chi connectivity index (χ1n) is 8.81. The molecule has 2 fully saturated rings. The van der Waals surface area contributed by atoms with E-state index in [2.05, 4.69) is 10.6 Å². The maximum absolute atomic E-state index is 12.2. The molecule has 5 nitrogen and oxygen atoms in total. The van der Waals surface area contributed by atoms with E-state index in [1.54, 1.807) is 6.07 Å². The van der Waals surface area contributed by atoms with Crippen molar-refractivity contribution in [1.29, 1.82) is 0 Å². The van der Waals surface area contributed by atoms with Gasteiger partial charge in [0.1, 0.15) is 5.75 Å². The average Bonchev–Trinajstić information content (AvgIpc) is 2.53. The Morgan fingerprint density at radius 1 is 1.25 bits per heavy atom. The van der Waals surface area contributed by atoms with Crippen molar-refractivity contribution in [2.75, 3.05) is 11.9 Å². The van der Waals surface area contributed by atoms with E-state index in [9.17, 15) is 9.90 Å². The lowest BCUT2D eigenvalue weighted by molar-refractivity contribution is 0.0304. The molecule has 0 saturated heterocycles. The van der Waals surface area contributed by atoms with E-state index in [0.29, 0.717) is 16.6 Å². The van der Waals surface area contributed by atoms with Crippen molar-refractivity contribution >= 4 is 23.3 Å². The van der Waals surface area contributed by atoms with Crippen molar-refractivity contribution in [1.82, 2.24) is 5.32 Å². The minimum absolute atomic E-state index is 0.130. The molecule has 6 heteroatoms. The van der Waals surface area contributed by atoms with Crippen LogP contribution in [-0.2, 0) is 5.54 Å². The lowest BCUT2D eigenvalue weighted by Crippen LogP contribution is -2.53. The molecule has 130 valence electrons. The number of hydrogen-bond acceptors (Lipinski definition) is 3. The van der Waals surface area contributed by atoms with Crippen LogP contribution >= 0.6 is 11.6 Å². The molecular formula is C18H23ClN2O3. The van der Waals surface area contributed by atoms with Crippen LogP contribution < -0.4 is 15.4 Å². The van der Waals surface area contributed by atoms with Gasteiger partial charge in [-0.1, -0.05) is 30.9 Å². The van der Waals surface area contributed by atoms with Gasteiger partial charge in [-0.3, -0.25) is 0 Å². The fourth-order valence-corrected chi connectivity index (χ4v) is 4.51. The molecular weight excluding hydrogens is 328 g/mol. The highest BCUT2D eigenvalue weighted by atomic mass is 35.5. The number of carbonyl (C=O) groups excluding carboxylic acids is 1. The first-order valence-corrected chi connectivity index (χ1v) is 9.19. The Bertz CT molecular complexity index is 652. The van der Waals surface area contributed by atoms with E-state index in [0.717, 1.165) is 49.8 Å². The molecule has 1 aromatic rings. The lowest BCUT2D eigenvalue weighted by Gasteiger charge is -2.44. The highest BCUT2D eigenvalue weighted by molar-refractivity contribution is 6.34. The number of anilines is 1. The zero-order valence-electron chi connectivity index (χ0n) is 13.6. The molecule has 0 aromatic heterocycles. The molecule has 3 aliphatic rings. The third kappa shape index (κ3) is 2.64. The van der Waals surface area contributed by atoms with Crippen molar-refractivity contribution in [3.63, 3.8) is 0 Å². The van der Waals surface area contributed by atoms with Gasteiger partial charge in [-0.2, -0.15) is 0 Å². The number of aliphatic hydroxyl groups excluding tert-OH is 1. The third-order valence-corrected chi connectivity index (χ3v) is 5.95. The zero-order valence-corrected chi connectivity index (χ0v) is 14.4. The molecule has 0 atom stereocenters. The highest BCUT2D eigenvalue weighted by Gasteiger charge is 2.44. The Labute approximate surface area is 146 Å². The van der Waals surface area contributed by atoms with Crippen molar-refractivity contribution in [3.8, 4) is 5.75 Å². The maximum atomic E-state index is 12.2. The number of carbonyl (C=O) groups is 1. The molecule has 2 aliphatic carbocycles. The van der Waals surface area contributed by atoms with Crippen LogP contribution in [0, 0.1) is 5.92 Å². The molecule has 0 bridgehead atoms. The average molecular weight is 351 g/mol. The summed E-state index contributed by atoms with van der Waals surface area (Å²) in [5, 5.41) is 15.8. The first kappa shape index (κ1) is 16.0. The number of aliphatic hydroxyl groups is 1. The fraction of sp³-hybridized carbons (Fsp3) is 0.611. The van der Waals surface area contributed by atoms with E-state index in [4.69, 9.17) is 16.3 Å². The van der Waals surface area contributed by atoms with Gasteiger partial charge in [0.05, 0.1) is 22.4 Å². The summed E-state index contributed by atoms with van der Waals surface area (Å²) < 4.78 is 6.24. The van der Waals surface area contributed by atoms with Gasteiger partial charge in [-0.05, 0) is 43.7 Å². The van der Waals surface area contributed by atoms with Gasteiger partial charge < -0.3 is 20.5 Å². The summed E-state index contributed by atoms with van der Waals surface area (Å²) in [7, 11) is 0. The quantitative estimate of drug-likeness (QED) is 0.776. The summed E-state index contributed by atoms with van der Waals surface area (Å²) >= 11 is 6.38. The van der Waals surface area contributed by atoms with E-state index in [1.807, 2.05) is 6.07 Å². The topological polar surface area (TPSA) is 70.6 Å². The minimum atomic E-state index is -0.379. The monoisotopic (exact) mass is 350 g/mol. The molecule has 4 rings (SSSR count). The Morgan fingerprint density at radius 2 is 2.00 bits per heavy atom. The predicted octanol–water partition coefficient (Wildman–Crippen LogP) is 3.78. The smallest absolute Gasteiger partial charge is 0.319 e. The predicted molar refractivity (Wildman–Crippen MR) is 92.6 cm³/mol. The SMILES string of the molecule is O=C1Nc2c(Cl)ccc(OC3CC(CO)C3)c2C2(CCCCC2)N1. The van der Waals surface area contributed by atoms with Gasteiger partial charge in [-0.25, -0.2) is 4.79 Å². The van der Waals surface area contributed by atoms with Gasteiger partial charge in [0, 0.05) is 12.2 Å². The number of nitrogens with one attached hydrogen (secondary N) is 2. The molecule has 0 unspecified atom stereocenters. The highest BCUT2D eigenvalue weighted by Crippen LogP contribution is 2.50. The van der Waals surface area contributed by atoms with Crippen LogP contribution in [0.25, 0.3) is 0 Å². The van der Waals surface area contributed by atoms with Gasteiger partial charge in [0.15, 0.2) is 0 Å². The van der Waals surface area contributed by atoms with Gasteiger partial charge in [0.25, 0.3) is 0 Å². The van der Waals surface area contributed by atoms with E-state index >= 15 is 0 Å². The number of rotatable bonds is 3. The number of halogens is 1. The summed E-state index contributed by atoms with van der Waals surface area (Å²) in [4.78, 5) is 12.2. The van der Waals surface area contributed by atoms with Crippen molar-refractivity contribution in [3.05, 3.63) is 22.7 Å². The Morgan fingerprint density at radius 3 is 2.71 bits per heavy atom. The Kier molecular flexibility index (Phi) is 4.09. The summed E-state index contributed by atoms with van der Waals surface area (Å²) in [5.74, 6) is 1.16. The van der Waals surface area contributed by atoms with Crippen molar-refractivity contribution < 1.29 is 14.6 Å². The summed E-state index contributed by atoms with van der Waals surface area (Å²) in [5.41, 5.74) is 1.32. The molecule has 0 radical (unpaired) electrons. The second-order valence-corrected chi connectivity index (χ2v) is 7.68. The lowest BCUT2D eigenvalue weighted by atomic mass is 9.74.